The molecule has 0 radical (unpaired) electrons. The van der Waals surface area contributed by atoms with E-state index in [4.69, 9.17) is 5.11 Å². The number of rotatable bonds is 3. The molecule has 0 aromatic heterocycles. The molecule has 3 heteroatoms. The Labute approximate surface area is 97.4 Å². The molecule has 1 heterocycles. The van der Waals surface area contributed by atoms with Gasteiger partial charge in [0, 0.05) is 37.7 Å². The predicted molar refractivity (Wildman–Crippen MR) is 66.3 cm³/mol. The summed E-state index contributed by atoms with van der Waals surface area (Å²) in [5.74, 6) is 4.17. The van der Waals surface area contributed by atoms with Crippen LogP contribution < -0.4 is 0 Å². The Hall–Kier alpha value is 0.270. The van der Waals surface area contributed by atoms with Crippen LogP contribution in [0.3, 0.4) is 0 Å². The van der Waals surface area contributed by atoms with Gasteiger partial charge >= 0.3 is 0 Å². The summed E-state index contributed by atoms with van der Waals surface area (Å²) in [5.41, 5.74) is 0. The van der Waals surface area contributed by atoms with Crippen molar-refractivity contribution in [3.63, 3.8) is 0 Å². The van der Waals surface area contributed by atoms with Crippen molar-refractivity contribution in [2.24, 2.45) is 11.8 Å². The highest BCUT2D eigenvalue weighted by Crippen LogP contribution is 2.29. The van der Waals surface area contributed by atoms with E-state index in [1.54, 1.807) is 0 Å². The molecule has 2 nitrogen and oxygen atoms in total. The first kappa shape index (κ1) is 11.7. The van der Waals surface area contributed by atoms with E-state index < -0.39 is 0 Å². The second-order valence-corrected chi connectivity index (χ2v) is 6.21. The van der Waals surface area contributed by atoms with Crippen LogP contribution in [0.4, 0.5) is 0 Å². The molecule has 15 heavy (non-hydrogen) atoms. The van der Waals surface area contributed by atoms with Gasteiger partial charge in [0.05, 0.1) is 0 Å². The minimum Gasteiger partial charge on any atom is -0.396 e. The Morgan fingerprint density at radius 3 is 2.20 bits per heavy atom. The lowest BCUT2D eigenvalue weighted by Crippen LogP contribution is -2.37. The van der Waals surface area contributed by atoms with Crippen LogP contribution in [-0.2, 0) is 0 Å². The van der Waals surface area contributed by atoms with Crippen molar-refractivity contribution in [1.29, 1.82) is 0 Å². The van der Waals surface area contributed by atoms with Crippen molar-refractivity contribution in [2.75, 3.05) is 37.7 Å². The molecular formula is C12H23NOS. The van der Waals surface area contributed by atoms with Gasteiger partial charge in [0.15, 0.2) is 0 Å². The molecule has 0 atom stereocenters. The van der Waals surface area contributed by atoms with E-state index in [2.05, 4.69) is 16.7 Å². The summed E-state index contributed by atoms with van der Waals surface area (Å²) in [7, 11) is 0. The maximum absolute atomic E-state index is 9.09. The Morgan fingerprint density at radius 2 is 1.60 bits per heavy atom. The fourth-order valence-electron chi connectivity index (χ4n) is 2.75. The average molecular weight is 229 g/mol. The van der Waals surface area contributed by atoms with E-state index in [0.717, 1.165) is 5.92 Å². The predicted octanol–water partition coefficient (Wildman–Crippen LogP) is 1.83. The van der Waals surface area contributed by atoms with Crippen LogP contribution in [-0.4, -0.2) is 47.8 Å². The highest BCUT2D eigenvalue weighted by molar-refractivity contribution is 7.99. The molecule has 1 aliphatic carbocycles. The topological polar surface area (TPSA) is 23.5 Å². The molecule has 88 valence electrons. The van der Waals surface area contributed by atoms with Crippen LogP contribution in [0.5, 0.6) is 0 Å². The van der Waals surface area contributed by atoms with Gasteiger partial charge in [-0.15, -0.1) is 0 Å². The Morgan fingerprint density at radius 1 is 1.00 bits per heavy atom. The zero-order chi connectivity index (χ0) is 10.5. The van der Waals surface area contributed by atoms with Crippen LogP contribution >= 0.6 is 11.8 Å². The van der Waals surface area contributed by atoms with E-state index in [1.807, 2.05) is 0 Å². The summed E-state index contributed by atoms with van der Waals surface area (Å²) >= 11 is 2.09. The number of aliphatic hydroxyl groups excluding tert-OH is 1. The second-order valence-electron chi connectivity index (χ2n) is 4.98. The molecule has 0 amide bonds. The lowest BCUT2D eigenvalue weighted by Gasteiger charge is -2.33. The van der Waals surface area contributed by atoms with E-state index in [1.165, 1.54) is 56.8 Å². The third kappa shape index (κ3) is 3.65. The minimum atomic E-state index is 0.410. The minimum absolute atomic E-state index is 0.410. The van der Waals surface area contributed by atoms with Crippen LogP contribution in [0, 0.1) is 11.8 Å². The van der Waals surface area contributed by atoms with Gasteiger partial charge in [-0.25, -0.2) is 0 Å². The van der Waals surface area contributed by atoms with Crippen molar-refractivity contribution >= 4 is 11.8 Å². The summed E-state index contributed by atoms with van der Waals surface area (Å²) < 4.78 is 0. The highest BCUT2D eigenvalue weighted by Gasteiger charge is 2.23. The first-order chi connectivity index (χ1) is 7.38. The molecule has 1 saturated carbocycles. The molecule has 0 unspecified atom stereocenters. The standard InChI is InChI=1S/C12H23NOS/c14-10-12-3-1-11(2-4-12)9-13-5-7-15-8-6-13/h11-12,14H,1-10H2. The number of thioether (sulfide) groups is 1. The third-order valence-corrected chi connectivity index (χ3v) is 4.79. The Kier molecular flexibility index (Phi) is 4.79. The molecular weight excluding hydrogens is 206 g/mol. The molecule has 1 N–H and O–H groups in total. The highest BCUT2D eigenvalue weighted by atomic mass is 32.2. The molecule has 0 bridgehead atoms. The first-order valence-corrected chi connectivity index (χ1v) is 7.45. The summed E-state index contributed by atoms with van der Waals surface area (Å²) in [6, 6.07) is 0. The van der Waals surface area contributed by atoms with Crippen LogP contribution in [0.15, 0.2) is 0 Å². The van der Waals surface area contributed by atoms with Gasteiger partial charge in [-0.05, 0) is 37.5 Å². The molecule has 1 saturated heterocycles. The van der Waals surface area contributed by atoms with Gasteiger partial charge in [0.25, 0.3) is 0 Å². The summed E-state index contributed by atoms with van der Waals surface area (Å²) in [5, 5.41) is 9.09. The fourth-order valence-corrected chi connectivity index (χ4v) is 3.72. The lowest BCUT2D eigenvalue weighted by molar-refractivity contribution is 0.144. The third-order valence-electron chi connectivity index (χ3n) is 3.84. The van der Waals surface area contributed by atoms with Gasteiger partial charge in [-0.2, -0.15) is 11.8 Å². The smallest absolute Gasteiger partial charge is 0.0459 e. The maximum atomic E-state index is 9.09. The molecule has 1 aliphatic heterocycles. The van der Waals surface area contributed by atoms with Crippen molar-refractivity contribution in [3.05, 3.63) is 0 Å². The molecule has 0 spiro atoms. The van der Waals surface area contributed by atoms with Gasteiger partial charge in [-0.3, -0.25) is 0 Å². The van der Waals surface area contributed by atoms with Crippen molar-refractivity contribution in [3.8, 4) is 0 Å². The van der Waals surface area contributed by atoms with Crippen LogP contribution in [0.25, 0.3) is 0 Å². The lowest BCUT2D eigenvalue weighted by atomic mass is 9.82. The summed E-state index contributed by atoms with van der Waals surface area (Å²) in [6.45, 7) is 4.32. The summed E-state index contributed by atoms with van der Waals surface area (Å²) in [6.07, 6.45) is 5.19. The average Bonchev–Trinajstić information content (AvgIpc) is 2.31. The van der Waals surface area contributed by atoms with E-state index >= 15 is 0 Å². The molecule has 2 rings (SSSR count). The van der Waals surface area contributed by atoms with Gasteiger partial charge < -0.3 is 10.0 Å². The van der Waals surface area contributed by atoms with Crippen LogP contribution in [0.2, 0.25) is 0 Å². The van der Waals surface area contributed by atoms with Crippen molar-refractivity contribution < 1.29 is 5.11 Å². The zero-order valence-electron chi connectivity index (χ0n) is 9.53. The molecule has 2 aliphatic rings. The van der Waals surface area contributed by atoms with E-state index in [-0.39, 0.29) is 0 Å². The normalized spacial score (nSPS) is 34.2. The fraction of sp³-hybridized carbons (Fsp3) is 1.00. The van der Waals surface area contributed by atoms with Crippen molar-refractivity contribution in [1.82, 2.24) is 4.90 Å². The van der Waals surface area contributed by atoms with Crippen LogP contribution in [0.1, 0.15) is 25.7 Å². The number of nitrogens with zero attached hydrogens (tertiary/aromatic N) is 1. The molecule has 2 fully saturated rings. The zero-order valence-corrected chi connectivity index (χ0v) is 10.3. The van der Waals surface area contributed by atoms with Gasteiger partial charge in [-0.1, -0.05) is 0 Å². The number of hydrogen-bond donors (Lipinski definition) is 1. The van der Waals surface area contributed by atoms with Crippen molar-refractivity contribution in [2.45, 2.75) is 25.7 Å². The molecule has 0 aromatic rings. The number of aliphatic hydroxyl groups is 1. The largest absolute Gasteiger partial charge is 0.396 e. The maximum Gasteiger partial charge on any atom is 0.0459 e. The SMILES string of the molecule is OCC1CCC(CN2CCSCC2)CC1. The first-order valence-electron chi connectivity index (χ1n) is 6.29. The van der Waals surface area contributed by atoms with Gasteiger partial charge in [0.2, 0.25) is 0 Å². The summed E-state index contributed by atoms with van der Waals surface area (Å²) in [4.78, 5) is 2.64. The monoisotopic (exact) mass is 229 g/mol. The molecule has 0 aromatic carbocycles. The van der Waals surface area contributed by atoms with E-state index in [9.17, 15) is 0 Å². The van der Waals surface area contributed by atoms with Gasteiger partial charge in [0.1, 0.15) is 0 Å². The quantitative estimate of drug-likeness (QED) is 0.799. The Bertz CT molecular complexity index is 174. The number of hydrogen-bond acceptors (Lipinski definition) is 3. The second kappa shape index (κ2) is 6.12. The Balaban J connectivity index is 1.67. The van der Waals surface area contributed by atoms with E-state index in [0.29, 0.717) is 12.5 Å².